The maximum absolute atomic E-state index is 12.6. The number of nitrogens with two attached hydrogens (primary N) is 1. The first kappa shape index (κ1) is 15.8. The molecule has 0 spiro atoms. The Morgan fingerprint density at radius 2 is 1.58 bits per heavy atom. The van der Waals surface area contributed by atoms with Gasteiger partial charge in [0, 0.05) is 6.07 Å². The molecule has 0 unspecified atom stereocenters. The van der Waals surface area contributed by atoms with Crippen molar-refractivity contribution in [3.8, 4) is 5.69 Å². The van der Waals surface area contributed by atoms with Crippen LogP contribution in [0.25, 0.3) is 5.69 Å². The minimum Gasteiger partial charge on any atom is -0.384 e. The van der Waals surface area contributed by atoms with E-state index in [0.717, 1.165) is 17.2 Å². The molecule has 6 nitrogen and oxygen atoms in total. The fraction of sp³-hybridized carbons (Fsp3) is 0.0500. The number of benzene rings is 2. The van der Waals surface area contributed by atoms with Crippen molar-refractivity contribution in [2.24, 2.45) is 0 Å². The van der Waals surface area contributed by atoms with Gasteiger partial charge in [0.2, 0.25) is 0 Å². The van der Waals surface area contributed by atoms with E-state index in [4.69, 9.17) is 5.73 Å². The van der Waals surface area contributed by atoms with E-state index >= 15 is 0 Å². The Morgan fingerprint density at radius 1 is 0.885 bits per heavy atom. The van der Waals surface area contributed by atoms with Gasteiger partial charge in [-0.25, -0.2) is 0 Å². The third-order valence-electron chi connectivity index (χ3n) is 4.42. The van der Waals surface area contributed by atoms with Gasteiger partial charge < -0.3 is 5.73 Å². The molecule has 3 aromatic rings. The molecule has 6 heteroatoms. The standard InChI is InChI=1S/C20H15N3O3/c21-18-17-14(19(25)22-20(17)26)11-16(24)23(18)15-9-5-4-8-13(15)10-12-6-2-1-3-7-12/h1-9,11H,10,21H2,(H,22,25,26). The number of para-hydroxylation sites is 1. The average Bonchev–Trinajstić information content (AvgIpc) is 2.91. The highest BCUT2D eigenvalue weighted by atomic mass is 16.2. The minimum absolute atomic E-state index is 0.0225. The van der Waals surface area contributed by atoms with Crippen LogP contribution in [0.3, 0.4) is 0 Å². The summed E-state index contributed by atoms with van der Waals surface area (Å²) in [5.41, 5.74) is 8.31. The summed E-state index contributed by atoms with van der Waals surface area (Å²) >= 11 is 0. The number of amides is 2. The van der Waals surface area contributed by atoms with Crippen LogP contribution in [-0.4, -0.2) is 16.4 Å². The summed E-state index contributed by atoms with van der Waals surface area (Å²) in [6.07, 6.45) is 0.602. The third kappa shape index (κ3) is 2.48. The Morgan fingerprint density at radius 3 is 2.35 bits per heavy atom. The molecule has 0 saturated heterocycles. The van der Waals surface area contributed by atoms with Crippen LogP contribution < -0.4 is 16.6 Å². The normalized spacial score (nSPS) is 12.8. The zero-order valence-corrected chi connectivity index (χ0v) is 13.7. The number of hydrogen-bond acceptors (Lipinski definition) is 4. The van der Waals surface area contributed by atoms with Crippen LogP contribution in [0.5, 0.6) is 0 Å². The van der Waals surface area contributed by atoms with E-state index in [2.05, 4.69) is 5.32 Å². The number of fused-ring (bicyclic) bond motifs is 1. The van der Waals surface area contributed by atoms with Crippen LogP contribution >= 0.6 is 0 Å². The van der Waals surface area contributed by atoms with Crippen molar-refractivity contribution >= 4 is 17.6 Å². The number of nitrogens with one attached hydrogen (secondary N) is 1. The van der Waals surface area contributed by atoms with Gasteiger partial charge in [-0.3, -0.25) is 24.3 Å². The summed E-state index contributed by atoms with van der Waals surface area (Å²) < 4.78 is 1.29. The van der Waals surface area contributed by atoms with Crippen molar-refractivity contribution in [1.29, 1.82) is 0 Å². The fourth-order valence-electron chi connectivity index (χ4n) is 3.22. The highest BCUT2D eigenvalue weighted by Gasteiger charge is 2.32. The number of hydrogen-bond donors (Lipinski definition) is 2. The molecule has 2 heterocycles. The first-order valence-corrected chi connectivity index (χ1v) is 8.09. The zero-order chi connectivity index (χ0) is 18.3. The molecule has 1 aliphatic rings. The summed E-state index contributed by atoms with van der Waals surface area (Å²) in [5.74, 6) is -1.22. The summed E-state index contributed by atoms with van der Waals surface area (Å²) in [4.78, 5) is 36.5. The Balaban J connectivity index is 1.90. The lowest BCUT2D eigenvalue weighted by molar-refractivity contribution is 0.0880. The van der Waals surface area contributed by atoms with Gasteiger partial charge in [0.15, 0.2) is 0 Å². The molecule has 1 aliphatic heterocycles. The van der Waals surface area contributed by atoms with Gasteiger partial charge in [-0.1, -0.05) is 48.5 Å². The van der Waals surface area contributed by atoms with Gasteiger partial charge in [0.05, 0.1) is 16.8 Å². The van der Waals surface area contributed by atoms with Gasteiger partial charge >= 0.3 is 0 Å². The summed E-state index contributed by atoms with van der Waals surface area (Å²) in [6, 6.07) is 18.4. The van der Waals surface area contributed by atoms with Gasteiger partial charge in [-0.2, -0.15) is 0 Å². The monoisotopic (exact) mass is 345 g/mol. The van der Waals surface area contributed by atoms with E-state index in [1.54, 1.807) is 12.1 Å². The second-order valence-electron chi connectivity index (χ2n) is 6.07. The highest BCUT2D eigenvalue weighted by Crippen LogP contribution is 2.25. The van der Waals surface area contributed by atoms with E-state index in [0.29, 0.717) is 12.1 Å². The average molecular weight is 345 g/mol. The Labute approximate surface area is 148 Å². The van der Waals surface area contributed by atoms with Gasteiger partial charge in [0.25, 0.3) is 17.4 Å². The number of imide groups is 1. The van der Waals surface area contributed by atoms with Gasteiger partial charge in [0.1, 0.15) is 5.82 Å². The fourth-order valence-corrected chi connectivity index (χ4v) is 3.22. The SMILES string of the molecule is Nc1c2c(cc(=O)n1-c1ccccc1Cc1ccccc1)C(=O)NC2=O. The van der Waals surface area contributed by atoms with E-state index in [9.17, 15) is 14.4 Å². The van der Waals surface area contributed by atoms with E-state index in [1.165, 1.54) is 4.57 Å². The molecule has 3 N–H and O–H groups in total. The van der Waals surface area contributed by atoms with E-state index in [1.807, 2.05) is 42.5 Å². The zero-order valence-electron chi connectivity index (χ0n) is 13.7. The number of nitrogens with zero attached hydrogens (tertiary/aromatic N) is 1. The molecule has 1 aromatic heterocycles. The Hall–Kier alpha value is -3.67. The highest BCUT2D eigenvalue weighted by molar-refractivity contribution is 6.23. The van der Waals surface area contributed by atoms with Crippen LogP contribution in [-0.2, 0) is 6.42 Å². The van der Waals surface area contributed by atoms with E-state index < -0.39 is 17.4 Å². The van der Waals surface area contributed by atoms with Crippen LogP contribution in [0.4, 0.5) is 5.82 Å². The first-order chi connectivity index (χ1) is 12.6. The third-order valence-corrected chi connectivity index (χ3v) is 4.42. The molecule has 0 bridgehead atoms. The van der Waals surface area contributed by atoms with Crippen molar-refractivity contribution in [2.45, 2.75) is 6.42 Å². The van der Waals surface area contributed by atoms with Crippen molar-refractivity contribution in [3.05, 3.63) is 93.3 Å². The topological polar surface area (TPSA) is 94.2 Å². The molecule has 2 aromatic carbocycles. The Kier molecular flexibility index (Phi) is 3.65. The lowest BCUT2D eigenvalue weighted by Crippen LogP contribution is -2.25. The maximum Gasteiger partial charge on any atom is 0.262 e. The first-order valence-electron chi connectivity index (χ1n) is 8.09. The second kappa shape index (κ2) is 6.00. The lowest BCUT2D eigenvalue weighted by Gasteiger charge is -2.16. The molecular formula is C20H15N3O3. The molecule has 128 valence electrons. The summed E-state index contributed by atoms with van der Waals surface area (Å²) in [7, 11) is 0. The van der Waals surface area contributed by atoms with Crippen LogP contribution in [0, 0.1) is 0 Å². The minimum atomic E-state index is -0.599. The number of carbonyl (C=O) groups excluding carboxylic acids is 2. The number of carbonyl (C=O) groups is 2. The molecule has 0 saturated carbocycles. The van der Waals surface area contributed by atoms with Crippen LogP contribution in [0.15, 0.2) is 65.5 Å². The van der Waals surface area contributed by atoms with E-state index in [-0.39, 0.29) is 16.9 Å². The van der Waals surface area contributed by atoms with Crippen molar-refractivity contribution < 1.29 is 9.59 Å². The van der Waals surface area contributed by atoms with Crippen molar-refractivity contribution in [1.82, 2.24) is 9.88 Å². The number of rotatable bonds is 3. The molecule has 0 aliphatic carbocycles. The van der Waals surface area contributed by atoms with Crippen LogP contribution in [0.2, 0.25) is 0 Å². The largest absolute Gasteiger partial charge is 0.384 e. The Bertz CT molecular complexity index is 1100. The van der Waals surface area contributed by atoms with Gasteiger partial charge in [-0.15, -0.1) is 0 Å². The van der Waals surface area contributed by atoms with Crippen molar-refractivity contribution in [2.75, 3.05) is 5.73 Å². The number of pyridine rings is 1. The summed E-state index contributed by atoms with van der Waals surface area (Å²) in [6.45, 7) is 0. The summed E-state index contributed by atoms with van der Waals surface area (Å²) in [5, 5.41) is 2.17. The molecule has 0 radical (unpaired) electrons. The van der Waals surface area contributed by atoms with Gasteiger partial charge in [-0.05, 0) is 23.6 Å². The van der Waals surface area contributed by atoms with Crippen molar-refractivity contribution in [3.63, 3.8) is 0 Å². The molecule has 4 rings (SSSR count). The molecule has 2 amide bonds. The lowest BCUT2D eigenvalue weighted by atomic mass is 10.0. The molecule has 0 atom stereocenters. The molecule has 26 heavy (non-hydrogen) atoms. The van der Waals surface area contributed by atoms with Crippen LogP contribution in [0.1, 0.15) is 31.8 Å². The molecule has 0 fully saturated rings. The maximum atomic E-state index is 12.6. The number of anilines is 1. The quantitative estimate of drug-likeness (QED) is 0.709. The smallest absolute Gasteiger partial charge is 0.262 e. The predicted octanol–water partition coefficient (Wildman–Crippen LogP) is 1.89. The predicted molar refractivity (Wildman–Crippen MR) is 97.5 cm³/mol. The number of nitrogen functional groups attached to an aromatic ring is 1. The molecular weight excluding hydrogens is 330 g/mol. The second-order valence-corrected chi connectivity index (χ2v) is 6.07. The number of aromatic nitrogens is 1.